The summed E-state index contributed by atoms with van der Waals surface area (Å²) in [5.41, 5.74) is 0.464. The normalized spacial score (nSPS) is 16.4. The smallest absolute Gasteiger partial charge is 0.231 e. The second-order valence-corrected chi connectivity index (χ2v) is 8.98. The van der Waals surface area contributed by atoms with Gasteiger partial charge >= 0.3 is 0 Å². The van der Waals surface area contributed by atoms with E-state index in [0.717, 1.165) is 48.6 Å². The van der Waals surface area contributed by atoms with Crippen molar-refractivity contribution in [3.63, 3.8) is 0 Å². The van der Waals surface area contributed by atoms with Gasteiger partial charge in [-0.2, -0.15) is 5.26 Å². The largest absolute Gasteiger partial charge is 0.337 e. The second kappa shape index (κ2) is 10.1. The Kier molecular flexibility index (Phi) is 7.51. The first-order valence-corrected chi connectivity index (χ1v) is 11.4. The van der Waals surface area contributed by atoms with Crippen LogP contribution in [0.25, 0.3) is 0 Å². The van der Waals surface area contributed by atoms with E-state index in [-0.39, 0.29) is 17.7 Å². The van der Waals surface area contributed by atoms with Crippen LogP contribution < -0.4 is 5.32 Å². The number of hydrogen-bond donors (Lipinski definition) is 1. The van der Waals surface area contributed by atoms with E-state index < -0.39 is 5.54 Å². The van der Waals surface area contributed by atoms with E-state index in [1.807, 2.05) is 32.3 Å². The molecule has 1 heterocycles. The van der Waals surface area contributed by atoms with Gasteiger partial charge in [-0.3, -0.25) is 9.69 Å². The molecule has 1 saturated carbocycles. The summed E-state index contributed by atoms with van der Waals surface area (Å²) in [5, 5.41) is 22.1. The zero-order valence-corrected chi connectivity index (χ0v) is 18.8. The number of aromatic nitrogens is 3. The quantitative estimate of drug-likeness (QED) is 0.619. The van der Waals surface area contributed by atoms with Crippen LogP contribution >= 0.6 is 11.8 Å². The van der Waals surface area contributed by atoms with Crippen LogP contribution in [0.15, 0.2) is 35.5 Å². The molecular weight excluding hydrogens is 396 g/mol. The van der Waals surface area contributed by atoms with Crippen LogP contribution in [0, 0.1) is 11.3 Å². The number of rotatable bonds is 9. The van der Waals surface area contributed by atoms with E-state index in [9.17, 15) is 10.1 Å². The molecule has 0 aliphatic heterocycles. The zero-order chi connectivity index (χ0) is 21.6. The Hall–Kier alpha value is -2.37. The molecular formula is C22H30N6OS. The van der Waals surface area contributed by atoms with Crippen molar-refractivity contribution in [1.82, 2.24) is 25.0 Å². The summed E-state index contributed by atoms with van der Waals surface area (Å²) < 4.78 is 2.11. The van der Waals surface area contributed by atoms with Gasteiger partial charge in [0.25, 0.3) is 0 Å². The summed E-state index contributed by atoms with van der Waals surface area (Å²) in [7, 11) is 4.08. The number of thioether (sulfide) groups is 1. The van der Waals surface area contributed by atoms with Crippen molar-refractivity contribution in [1.29, 1.82) is 5.26 Å². The highest BCUT2D eigenvalue weighted by atomic mass is 32.2. The summed E-state index contributed by atoms with van der Waals surface area (Å²) >= 11 is 1.38. The van der Waals surface area contributed by atoms with Crippen molar-refractivity contribution in [3.05, 3.63) is 41.7 Å². The topological polar surface area (TPSA) is 86.8 Å². The summed E-state index contributed by atoms with van der Waals surface area (Å²) in [6, 6.07) is 12.7. The maximum Gasteiger partial charge on any atom is 0.231 e. The van der Waals surface area contributed by atoms with Crippen LogP contribution in [0.2, 0.25) is 0 Å². The van der Waals surface area contributed by atoms with Gasteiger partial charge in [0.2, 0.25) is 5.91 Å². The van der Waals surface area contributed by atoms with Gasteiger partial charge in [0.15, 0.2) is 11.0 Å². The van der Waals surface area contributed by atoms with Crippen LogP contribution in [0.5, 0.6) is 0 Å². The second-order valence-electron chi connectivity index (χ2n) is 8.04. The van der Waals surface area contributed by atoms with Crippen molar-refractivity contribution >= 4 is 17.7 Å². The van der Waals surface area contributed by atoms with Crippen molar-refractivity contribution in [2.75, 3.05) is 19.8 Å². The Labute approximate surface area is 182 Å². The molecule has 0 saturated heterocycles. The molecule has 1 aliphatic rings. The first-order chi connectivity index (χ1) is 14.5. The van der Waals surface area contributed by atoms with E-state index in [2.05, 4.69) is 50.1 Å². The molecule has 1 atom stereocenters. The van der Waals surface area contributed by atoms with Crippen LogP contribution in [0.1, 0.15) is 56.5 Å². The third-order valence-electron chi connectivity index (χ3n) is 5.62. The third kappa shape index (κ3) is 5.21. The van der Waals surface area contributed by atoms with Crippen LogP contribution in [-0.4, -0.2) is 51.0 Å². The fourth-order valence-electron chi connectivity index (χ4n) is 4.02. The molecule has 160 valence electrons. The van der Waals surface area contributed by atoms with Gasteiger partial charge in [-0.05, 0) is 51.8 Å². The van der Waals surface area contributed by atoms with Gasteiger partial charge < -0.3 is 9.88 Å². The van der Waals surface area contributed by atoms with Gasteiger partial charge in [-0.25, -0.2) is 0 Å². The average Bonchev–Trinajstić information content (AvgIpc) is 3.36. The average molecular weight is 427 g/mol. The number of nitrogens with zero attached hydrogens (tertiary/aromatic N) is 5. The van der Waals surface area contributed by atoms with E-state index in [1.54, 1.807) is 0 Å². The molecule has 1 unspecified atom stereocenters. The number of benzene rings is 1. The van der Waals surface area contributed by atoms with Crippen molar-refractivity contribution in [3.8, 4) is 6.07 Å². The lowest BCUT2D eigenvalue weighted by Crippen LogP contribution is -2.45. The first kappa shape index (κ1) is 22.3. The molecule has 30 heavy (non-hydrogen) atoms. The number of nitriles is 1. The Morgan fingerprint density at radius 3 is 2.60 bits per heavy atom. The molecule has 0 bridgehead atoms. The molecule has 7 nitrogen and oxygen atoms in total. The lowest BCUT2D eigenvalue weighted by atomic mass is 10.0. The Bertz CT molecular complexity index is 883. The minimum atomic E-state index is -0.696. The summed E-state index contributed by atoms with van der Waals surface area (Å²) in [6.45, 7) is 2.79. The standard InChI is InChI=1S/C22H30N6OS/c1-4-18(27(2)3)20-25-26-21(28(20)14-17-10-6-5-7-11-17)30-15-19(29)24-22(16-23)12-8-9-13-22/h5-7,10-11,18H,4,8-9,12-15H2,1-3H3,(H,24,29). The number of amides is 1. The molecule has 0 spiro atoms. The van der Waals surface area contributed by atoms with Crippen molar-refractivity contribution in [2.24, 2.45) is 0 Å². The zero-order valence-electron chi connectivity index (χ0n) is 18.0. The number of nitrogens with one attached hydrogen (secondary N) is 1. The molecule has 0 radical (unpaired) electrons. The monoisotopic (exact) mass is 426 g/mol. The highest BCUT2D eigenvalue weighted by Crippen LogP contribution is 2.30. The van der Waals surface area contributed by atoms with E-state index >= 15 is 0 Å². The summed E-state index contributed by atoms with van der Waals surface area (Å²) in [4.78, 5) is 14.7. The number of carbonyl (C=O) groups is 1. The minimum absolute atomic E-state index is 0.126. The molecule has 1 fully saturated rings. The first-order valence-electron chi connectivity index (χ1n) is 10.5. The molecule has 1 amide bonds. The van der Waals surface area contributed by atoms with Crippen LogP contribution in [0.3, 0.4) is 0 Å². The molecule has 8 heteroatoms. The SMILES string of the molecule is CCC(c1nnc(SCC(=O)NC2(C#N)CCCC2)n1Cc1ccccc1)N(C)C. The molecule has 1 aromatic carbocycles. The fraction of sp³-hybridized carbons (Fsp3) is 0.545. The maximum absolute atomic E-state index is 12.6. The molecule has 2 aromatic rings. The predicted molar refractivity (Wildman–Crippen MR) is 118 cm³/mol. The molecule has 1 N–H and O–H groups in total. The lowest BCUT2D eigenvalue weighted by Gasteiger charge is -2.23. The molecule has 1 aliphatic carbocycles. The van der Waals surface area contributed by atoms with E-state index in [1.165, 1.54) is 11.8 Å². The van der Waals surface area contributed by atoms with Crippen LogP contribution in [-0.2, 0) is 11.3 Å². The van der Waals surface area contributed by atoms with E-state index in [0.29, 0.717) is 6.54 Å². The molecule has 3 rings (SSSR count). The highest BCUT2D eigenvalue weighted by molar-refractivity contribution is 7.99. The van der Waals surface area contributed by atoms with Gasteiger partial charge in [-0.1, -0.05) is 49.0 Å². The maximum atomic E-state index is 12.6. The van der Waals surface area contributed by atoms with E-state index in [4.69, 9.17) is 0 Å². The summed E-state index contributed by atoms with van der Waals surface area (Å²) in [5.74, 6) is 0.993. The fourth-order valence-corrected chi connectivity index (χ4v) is 4.77. The van der Waals surface area contributed by atoms with Gasteiger partial charge in [0.1, 0.15) is 5.54 Å². The lowest BCUT2D eigenvalue weighted by molar-refractivity contribution is -0.119. The third-order valence-corrected chi connectivity index (χ3v) is 6.59. The van der Waals surface area contributed by atoms with Gasteiger partial charge in [0.05, 0.1) is 24.4 Å². The Morgan fingerprint density at radius 1 is 1.30 bits per heavy atom. The number of hydrogen-bond acceptors (Lipinski definition) is 6. The van der Waals surface area contributed by atoms with Crippen molar-refractivity contribution in [2.45, 2.75) is 62.3 Å². The summed E-state index contributed by atoms with van der Waals surface area (Å²) in [6.07, 6.45) is 4.34. The molecule has 1 aromatic heterocycles. The van der Waals surface area contributed by atoms with Gasteiger partial charge in [-0.15, -0.1) is 10.2 Å². The van der Waals surface area contributed by atoms with Crippen LogP contribution in [0.4, 0.5) is 0 Å². The van der Waals surface area contributed by atoms with Crippen molar-refractivity contribution < 1.29 is 4.79 Å². The Balaban J connectivity index is 1.77. The predicted octanol–water partition coefficient (Wildman–Crippen LogP) is 3.38. The highest BCUT2D eigenvalue weighted by Gasteiger charge is 2.35. The number of carbonyl (C=O) groups excluding carboxylic acids is 1. The Morgan fingerprint density at radius 2 is 2.00 bits per heavy atom. The minimum Gasteiger partial charge on any atom is -0.337 e. The van der Waals surface area contributed by atoms with Gasteiger partial charge in [0, 0.05) is 0 Å².